The molecule has 0 saturated carbocycles. The predicted octanol–water partition coefficient (Wildman–Crippen LogP) is 2.50. The van der Waals surface area contributed by atoms with E-state index in [-0.39, 0.29) is 36.0 Å². The van der Waals surface area contributed by atoms with Crippen LogP contribution in [0.25, 0.3) is 21.4 Å². The van der Waals surface area contributed by atoms with Gasteiger partial charge in [0.05, 0.1) is 23.2 Å². The Hall–Kier alpha value is -2.93. The van der Waals surface area contributed by atoms with Gasteiger partial charge in [-0.3, -0.25) is 23.6 Å². The lowest BCUT2D eigenvalue weighted by molar-refractivity contribution is -0.119. The van der Waals surface area contributed by atoms with Crippen molar-refractivity contribution in [2.75, 3.05) is 38.2 Å². The predicted molar refractivity (Wildman–Crippen MR) is 149 cm³/mol. The molecule has 0 saturated heterocycles. The van der Waals surface area contributed by atoms with E-state index in [1.54, 1.807) is 24.1 Å². The van der Waals surface area contributed by atoms with Gasteiger partial charge in [-0.1, -0.05) is 36.8 Å². The molecule has 37 heavy (non-hydrogen) atoms. The SMILES string of the molecule is CCN(CC)CCN(C(=O)Cn1cnc2c1c(=O)n(C)c(=O)n2C)c1nc2c(OC)ccc(Cl)c2s1.Cl. The van der Waals surface area contributed by atoms with Crippen LogP contribution in [0.4, 0.5) is 5.13 Å². The monoisotopic (exact) mass is 569 g/mol. The van der Waals surface area contributed by atoms with Gasteiger partial charge in [0.15, 0.2) is 16.3 Å². The van der Waals surface area contributed by atoms with Gasteiger partial charge in [0.2, 0.25) is 5.91 Å². The molecular formula is C23H29Cl2N7O4S. The summed E-state index contributed by atoms with van der Waals surface area (Å²) in [6, 6.07) is 3.48. The number of rotatable bonds is 9. The summed E-state index contributed by atoms with van der Waals surface area (Å²) < 4.78 is 9.94. The molecule has 0 bridgehead atoms. The first-order valence-electron chi connectivity index (χ1n) is 11.5. The highest BCUT2D eigenvalue weighted by molar-refractivity contribution is 7.23. The van der Waals surface area contributed by atoms with E-state index < -0.39 is 11.2 Å². The maximum absolute atomic E-state index is 13.7. The Labute approximate surface area is 228 Å². The standard InChI is InChI=1S/C23H28ClN7O4S.ClH/c1-6-29(7-2)10-11-31(22-26-17-15(35-5)9-8-14(24)19(17)36-22)16(32)12-30-13-25-20-18(30)21(33)28(4)23(34)27(20)3;/h8-9,13H,6-7,10-12H2,1-5H3;1H. The minimum atomic E-state index is -0.510. The van der Waals surface area contributed by atoms with Gasteiger partial charge in [-0.2, -0.15) is 0 Å². The lowest BCUT2D eigenvalue weighted by atomic mass is 10.3. The highest BCUT2D eigenvalue weighted by Gasteiger charge is 2.24. The Morgan fingerprint density at radius 2 is 1.84 bits per heavy atom. The molecule has 11 nitrogen and oxygen atoms in total. The molecule has 0 aliphatic carbocycles. The number of carbonyl (C=O) groups excluding carboxylic acids is 1. The molecule has 3 heterocycles. The molecule has 0 spiro atoms. The summed E-state index contributed by atoms with van der Waals surface area (Å²) in [6.45, 7) is 6.70. The summed E-state index contributed by atoms with van der Waals surface area (Å²) in [4.78, 5) is 51.5. The maximum atomic E-state index is 13.7. The molecule has 0 aliphatic heterocycles. The number of ether oxygens (including phenoxy) is 1. The van der Waals surface area contributed by atoms with Gasteiger partial charge in [0.1, 0.15) is 17.8 Å². The van der Waals surface area contributed by atoms with E-state index >= 15 is 0 Å². The summed E-state index contributed by atoms with van der Waals surface area (Å²) in [7, 11) is 4.50. The quantitative estimate of drug-likeness (QED) is 0.304. The fourth-order valence-corrected chi connectivity index (χ4v) is 5.38. The van der Waals surface area contributed by atoms with Gasteiger partial charge in [0.25, 0.3) is 5.56 Å². The van der Waals surface area contributed by atoms with E-state index in [0.29, 0.717) is 34.5 Å². The zero-order valence-corrected chi connectivity index (χ0v) is 23.6. The van der Waals surface area contributed by atoms with E-state index in [2.05, 4.69) is 23.7 Å². The molecule has 0 atom stereocenters. The van der Waals surface area contributed by atoms with Crippen molar-refractivity contribution < 1.29 is 9.53 Å². The van der Waals surface area contributed by atoms with Gasteiger partial charge in [-0.15, -0.1) is 12.4 Å². The number of methoxy groups -OCH3 is 1. The minimum absolute atomic E-state index is 0. The smallest absolute Gasteiger partial charge is 0.332 e. The number of amides is 1. The highest BCUT2D eigenvalue weighted by Crippen LogP contribution is 2.38. The zero-order chi connectivity index (χ0) is 26.1. The number of aromatic nitrogens is 5. The number of fused-ring (bicyclic) bond motifs is 2. The van der Waals surface area contributed by atoms with Gasteiger partial charge < -0.3 is 14.2 Å². The Kier molecular flexibility index (Phi) is 9.00. The molecule has 0 unspecified atom stereocenters. The number of benzene rings is 1. The normalized spacial score (nSPS) is 11.3. The summed E-state index contributed by atoms with van der Waals surface area (Å²) in [5.41, 5.74) is 0.00478. The number of imidazole rings is 1. The molecule has 0 radical (unpaired) electrons. The molecule has 3 aromatic heterocycles. The molecule has 14 heteroatoms. The summed E-state index contributed by atoms with van der Waals surface area (Å²) in [5.74, 6) is 0.296. The zero-order valence-electron chi connectivity index (χ0n) is 21.2. The molecule has 1 amide bonds. The van der Waals surface area contributed by atoms with Crippen molar-refractivity contribution in [1.29, 1.82) is 0 Å². The van der Waals surface area contributed by atoms with E-state index in [4.69, 9.17) is 21.3 Å². The van der Waals surface area contributed by atoms with Crippen LogP contribution in [0, 0.1) is 0 Å². The van der Waals surface area contributed by atoms with Crippen LogP contribution in [0.3, 0.4) is 0 Å². The first-order chi connectivity index (χ1) is 17.2. The third-order valence-corrected chi connectivity index (χ3v) is 7.79. The number of nitrogens with zero attached hydrogens (tertiary/aromatic N) is 7. The lowest BCUT2D eigenvalue weighted by Gasteiger charge is -2.25. The first-order valence-corrected chi connectivity index (χ1v) is 12.7. The van der Waals surface area contributed by atoms with Crippen molar-refractivity contribution in [2.45, 2.75) is 20.4 Å². The van der Waals surface area contributed by atoms with Crippen LogP contribution in [-0.2, 0) is 25.4 Å². The molecule has 4 aromatic rings. The van der Waals surface area contributed by atoms with Gasteiger partial charge in [-0.05, 0) is 25.2 Å². The van der Waals surface area contributed by atoms with Crippen molar-refractivity contribution >= 4 is 67.8 Å². The molecule has 0 N–H and O–H groups in total. The second-order valence-electron chi connectivity index (χ2n) is 8.25. The van der Waals surface area contributed by atoms with Crippen molar-refractivity contribution in [3.8, 4) is 5.75 Å². The number of likely N-dealkylation sites (N-methyl/N-ethyl adjacent to an activating group) is 1. The number of carbonyl (C=O) groups is 1. The Bertz CT molecular complexity index is 1550. The minimum Gasteiger partial charge on any atom is -0.494 e. The molecule has 200 valence electrons. The van der Waals surface area contributed by atoms with Crippen molar-refractivity contribution in [3.05, 3.63) is 44.3 Å². The number of aryl methyl sites for hydroxylation is 1. The molecular weight excluding hydrogens is 541 g/mol. The van der Waals surface area contributed by atoms with Crippen molar-refractivity contribution in [3.63, 3.8) is 0 Å². The average molecular weight is 571 g/mol. The van der Waals surface area contributed by atoms with E-state index in [1.807, 2.05) is 0 Å². The number of hydrogen-bond donors (Lipinski definition) is 0. The fourth-order valence-electron chi connectivity index (χ4n) is 4.08. The summed E-state index contributed by atoms with van der Waals surface area (Å²) in [5, 5.41) is 1.01. The first kappa shape index (κ1) is 28.6. The summed E-state index contributed by atoms with van der Waals surface area (Å²) in [6.07, 6.45) is 1.41. The van der Waals surface area contributed by atoms with Crippen molar-refractivity contribution in [2.24, 2.45) is 14.1 Å². The van der Waals surface area contributed by atoms with Crippen LogP contribution in [0.1, 0.15) is 13.8 Å². The molecule has 0 aliphatic rings. The van der Waals surface area contributed by atoms with Crippen LogP contribution in [0.15, 0.2) is 28.0 Å². The molecule has 0 fully saturated rings. The molecule has 4 rings (SSSR count). The third-order valence-electron chi connectivity index (χ3n) is 6.26. The Morgan fingerprint density at radius 1 is 1.14 bits per heavy atom. The number of anilines is 1. The van der Waals surface area contributed by atoms with E-state index in [9.17, 15) is 14.4 Å². The van der Waals surface area contributed by atoms with Crippen LogP contribution < -0.4 is 20.9 Å². The van der Waals surface area contributed by atoms with E-state index in [1.165, 1.54) is 40.9 Å². The lowest BCUT2D eigenvalue weighted by Crippen LogP contribution is -2.41. The number of hydrogen-bond acceptors (Lipinski definition) is 8. The highest BCUT2D eigenvalue weighted by atomic mass is 35.5. The Morgan fingerprint density at radius 3 is 2.49 bits per heavy atom. The number of thiazole rings is 1. The van der Waals surface area contributed by atoms with Gasteiger partial charge >= 0.3 is 5.69 Å². The summed E-state index contributed by atoms with van der Waals surface area (Å²) >= 11 is 7.73. The van der Waals surface area contributed by atoms with E-state index in [0.717, 1.165) is 22.4 Å². The second-order valence-corrected chi connectivity index (χ2v) is 9.63. The largest absolute Gasteiger partial charge is 0.494 e. The Balaban J connectivity index is 0.00000380. The van der Waals surface area contributed by atoms with Crippen LogP contribution in [0.2, 0.25) is 5.02 Å². The fraction of sp³-hybridized carbons (Fsp3) is 0.435. The van der Waals surface area contributed by atoms with Crippen LogP contribution in [-0.4, -0.2) is 67.8 Å². The topological polar surface area (TPSA) is 107 Å². The molecule has 1 aromatic carbocycles. The van der Waals surface area contributed by atoms with Crippen LogP contribution in [0.5, 0.6) is 5.75 Å². The van der Waals surface area contributed by atoms with Crippen LogP contribution >= 0.6 is 35.3 Å². The van der Waals surface area contributed by atoms with Gasteiger partial charge in [0, 0.05) is 27.2 Å². The third kappa shape index (κ3) is 5.24. The second kappa shape index (κ2) is 11.6. The maximum Gasteiger partial charge on any atom is 0.332 e. The van der Waals surface area contributed by atoms with Gasteiger partial charge in [-0.25, -0.2) is 14.8 Å². The van der Waals surface area contributed by atoms with Crippen molar-refractivity contribution in [1.82, 2.24) is 28.6 Å². The average Bonchev–Trinajstić information content (AvgIpc) is 3.50. The number of halogens is 2.